The monoisotopic (exact) mass is 240 g/mol. The summed E-state index contributed by atoms with van der Waals surface area (Å²) >= 11 is 0. The zero-order chi connectivity index (χ0) is 12.7. The zero-order valence-corrected chi connectivity index (χ0v) is 12.1. The Morgan fingerprint density at radius 2 is 1.82 bits per heavy atom. The first kappa shape index (κ1) is 15.0. The molecule has 0 amide bonds. The highest BCUT2D eigenvalue weighted by Crippen LogP contribution is 2.24. The molecule has 0 saturated heterocycles. The Bertz CT molecular complexity index is 185. The van der Waals surface area contributed by atoms with Crippen molar-refractivity contribution in [3.63, 3.8) is 0 Å². The maximum absolute atomic E-state index is 6.22. The lowest BCUT2D eigenvalue weighted by Gasteiger charge is -2.31. The average molecular weight is 240 g/mol. The Morgan fingerprint density at radius 3 is 2.35 bits per heavy atom. The van der Waals surface area contributed by atoms with Gasteiger partial charge in [0, 0.05) is 18.6 Å². The summed E-state index contributed by atoms with van der Waals surface area (Å²) in [5.41, 5.74) is 6.22. The van der Waals surface area contributed by atoms with Crippen LogP contribution in [0, 0.1) is 5.92 Å². The molecule has 1 rings (SSSR count). The highest BCUT2D eigenvalue weighted by Gasteiger charge is 2.23. The van der Waals surface area contributed by atoms with Gasteiger partial charge in [-0.3, -0.25) is 4.90 Å². The van der Waals surface area contributed by atoms with Gasteiger partial charge in [-0.05, 0) is 38.1 Å². The minimum atomic E-state index is 0.382. The second kappa shape index (κ2) is 8.10. The molecule has 1 saturated carbocycles. The number of hydrogen-bond donors (Lipinski definition) is 1. The van der Waals surface area contributed by atoms with Crippen LogP contribution in [0.1, 0.15) is 65.7 Å². The fraction of sp³-hybridized carbons (Fsp3) is 1.00. The van der Waals surface area contributed by atoms with Crippen molar-refractivity contribution in [1.29, 1.82) is 0 Å². The second-order valence-electron chi connectivity index (χ2n) is 6.16. The van der Waals surface area contributed by atoms with Crippen LogP contribution in [0.4, 0.5) is 0 Å². The van der Waals surface area contributed by atoms with Crippen LogP contribution in [-0.2, 0) is 0 Å². The van der Waals surface area contributed by atoms with E-state index in [0.29, 0.717) is 6.04 Å². The molecule has 0 radical (unpaired) electrons. The summed E-state index contributed by atoms with van der Waals surface area (Å²) in [5.74, 6) is 0.807. The third-order valence-electron chi connectivity index (χ3n) is 3.96. The lowest BCUT2D eigenvalue weighted by Crippen LogP contribution is -2.43. The predicted molar refractivity (Wildman–Crippen MR) is 76.2 cm³/mol. The molecule has 0 aromatic heterocycles. The molecule has 0 aromatic carbocycles. The average Bonchev–Trinajstić information content (AvgIpc) is 2.77. The van der Waals surface area contributed by atoms with Gasteiger partial charge in [-0.15, -0.1) is 0 Å². The SMILES string of the molecule is CCCC(N)CN(CCC(C)C)C1CCCC1. The van der Waals surface area contributed by atoms with Gasteiger partial charge in [-0.2, -0.15) is 0 Å². The first-order chi connectivity index (χ1) is 8.13. The largest absolute Gasteiger partial charge is 0.327 e. The van der Waals surface area contributed by atoms with E-state index in [4.69, 9.17) is 5.73 Å². The maximum Gasteiger partial charge on any atom is 0.0167 e. The van der Waals surface area contributed by atoms with E-state index in [1.807, 2.05) is 0 Å². The van der Waals surface area contributed by atoms with Crippen molar-refractivity contribution in [1.82, 2.24) is 4.90 Å². The summed E-state index contributed by atoms with van der Waals surface area (Å²) in [6.07, 6.45) is 9.34. The Morgan fingerprint density at radius 1 is 1.18 bits per heavy atom. The smallest absolute Gasteiger partial charge is 0.0167 e. The predicted octanol–water partition coefficient (Wildman–Crippen LogP) is 3.40. The van der Waals surface area contributed by atoms with Gasteiger partial charge in [-0.25, -0.2) is 0 Å². The number of rotatable bonds is 8. The van der Waals surface area contributed by atoms with Crippen molar-refractivity contribution in [2.24, 2.45) is 11.7 Å². The third-order valence-corrected chi connectivity index (χ3v) is 3.96. The zero-order valence-electron chi connectivity index (χ0n) is 12.1. The molecule has 1 aliphatic carbocycles. The molecule has 0 aliphatic heterocycles. The molecule has 0 bridgehead atoms. The van der Waals surface area contributed by atoms with Crippen molar-refractivity contribution in [3.8, 4) is 0 Å². The fourth-order valence-corrected chi connectivity index (χ4v) is 2.88. The van der Waals surface area contributed by atoms with Crippen molar-refractivity contribution < 1.29 is 0 Å². The van der Waals surface area contributed by atoms with Gasteiger partial charge in [0.05, 0.1) is 0 Å². The van der Waals surface area contributed by atoms with Crippen LogP contribution in [0.2, 0.25) is 0 Å². The standard InChI is InChI=1S/C15H32N2/c1-4-7-14(16)12-17(11-10-13(2)3)15-8-5-6-9-15/h13-15H,4-12,16H2,1-3H3. The van der Waals surface area contributed by atoms with E-state index >= 15 is 0 Å². The van der Waals surface area contributed by atoms with Crippen LogP contribution < -0.4 is 5.73 Å². The van der Waals surface area contributed by atoms with Gasteiger partial charge in [0.15, 0.2) is 0 Å². The van der Waals surface area contributed by atoms with Crippen LogP contribution in [0.25, 0.3) is 0 Å². The normalized spacial score (nSPS) is 19.4. The van der Waals surface area contributed by atoms with Crippen LogP contribution in [0.3, 0.4) is 0 Å². The van der Waals surface area contributed by atoms with Crippen LogP contribution in [0.5, 0.6) is 0 Å². The Labute approximate surface area is 108 Å². The van der Waals surface area contributed by atoms with Gasteiger partial charge >= 0.3 is 0 Å². The molecular weight excluding hydrogens is 208 g/mol. The minimum absolute atomic E-state index is 0.382. The van der Waals surface area contributed by atoms with E-state index in [9.17, 15) is 0 Å². The molecule has 17 heavy (non-hydrogen) atoms. The highest BCUT2D eigenvalue weighted by molar-refractivity contribution is 4.80. The van der Waals surface area contributed by atoms with Crippen LogP contribution in [0.15, 0.2) is 0 Å². The molecule has 2 N–H and O–H groups in total. The molecule has 2 heteroatoms. The van der Waals surface area contributed by atoms with E-state index in [1.54, 1.807) is 0 Å². The number of nitrogens with two attached hydrogens (primary N) is 1. The van der Waals surface area contributed by atoms with Crippen LogP contribution >= 0.6 is 0 Å². The summed E-state index contributed by atoms with van der Waals surface area (Å²) in [5, 5.41) is 0. The van der Waals surface area contributed by atoms with Crippen LogP contribution in [-0.4, -0.2) is 30.1 Å². The molecule has 1 atom stereocenters. The van der Waals surface area contributed by atoms with Gasteiger partial charge in [0.1, 0.15) is 0 Å². The van der Waals surface area contributed by atoms with E-state index in [2.05, 4.69) is 25.7 Å². The molecule has 0 spiro atoms. The summed E-state index contributed by atoms with van der Waals surface area (Å²) in [6, 6.07) is 1.21. The molecule has 1 fully saturated rings. The summed E-state index contributed by atoms with van der Waals surface area (Å²) < 4.78 is 0. The van der Waals surface area contributed by atoms with E-state index in [1.165, 1.54) is 51.5 Å². The second-order valence-corrected chi connectivity index (χ2v) is 6.16. The summed E-state index contributed by atoms with van der Waals surface area (Å²) in [6.45, 7) is 9.23. The first-order valence-corrected chi connectivity index (χ1v) is 7.63. The molecule has 1 unspecified atom stereocenters. The quantitative estimate of drug-likeness (QED) is 0.704. The van der Waals surface area contributed by atoms with Gasteiger partial charge in [0.2, 0.25) is 0 Å². The van der Waals surface area contributed by atoms with Gasteiger partial charge < -0.3 is 5.73 Å². The summed E-state index contributed by atoms with van der Waals surface area (Å²) in [4.78, 5) is 2.69. The van der Waals surface area contributed by atoms with Crippen molar-refractivity contribution in [2.75, 3.05) is 13.1 Å². The lowest BCUT2D eigenvalue weighted by molar-refractivity contribution is 0.174. The summed E-state index contributed by atoms with van der Waals surface area (Å²) in [7, 11) is 0. The van der Waals surface area contributed by atoms with Crippen molar-refractivity contribution in [3.05, 3.63) is 0 Å². The topological polar surface area (TPSA) is 29.3 Å². The molecule has 2 nitrogen and oxygen atoms in total. The lowest BCUT2D eigenvalue weighted by atomic mass is 10.1. The number of hydrogen-bond acceptors (Lipinski definition) is 2. The first-order valence-electron chi connectivity index (χ1n) is 7.63. The van der Waals surface area contributed by atoms with E-state index in [-0.39, 0.29) is 0 Å². The number of nitrogens with zero attached hydrogens (tertiary/aromatic N) is 1. The van der Waals surface area contributed by atoms with E-state index in [0.717, 1.165) is 18.5 Å². The molecule has 102 valence electrons. The molecule has 1 aliphatic rings. The van der Waals surface area contributed by atoms with Crippen molar-refractivity contribution >= 4 is 0 Å². The van der Waals surface area contributed by atoms with Crippen molar-refractivity contribution in [2.45, 2.75) is 77.8 Å². The van der Waals surface area contributed by atoms with E-state index < -0.39 is 0 Å². The Hall–Kier alpha value is -0.0800. The fourth-order valence-electron chi connectivity index (χ4n) is 2.88. The Balaban J connectivity index is 2.39. The molecular formula is C15H32N2. The van der Waals surface area contributed by atoms with Gasteiger partial charge in [0.25, 0.3) is 0 Å². The highest BCUT2D eigenvalue weighted by atomic mass is 15.2. The third kappa shape index (κ3) is 5.87. The molecule has 0 aromatic rings. The van der Waals surface area contributed by atoms with Gasteiger partial charge in [-0.1, -0.05) is 40.0 Å². The Kier molecular flexibility index (Phi) is 7.14. The minimum Gasteiger partial charge on any atom is -0.327 e. The molecule has 0 heterocycles. The maximum atomic E-state index is 6.22.